The molecule has 0 unspecified atom stereocenters. The second-order valence-electron chi connectivity index (χ2n) is 4.62. The predicted octanol–water partition coefficient (Wildman–Crippen LogP) is 4.78. The topological polar surface area (TPSA) is 20.3 Å². The Kier molecular flexibility index (Phi) is 6.19. The molecule has 0 aromatic heterocycles. The highest BCUT2D eigenvalue weighted by Gasteiger charge is 2.36. The molecule has 1 rings (SSSR count). The lowest BCUT2D eigenvalue weighted by Crippen LogP contribution is -2.45. The molecule has 0 N–H and O–H groups in total. The summed E-state index contributed by atoms with van der Waals surface area (Å²) in [5, 5.41) is 0. The van der Waals surface area contributed by atoms with E-state index in [9.17, 15) is 22.4 Å². The van der Waals surface area contributed by atoms with Crippen molar-refractivity contribution in [1.82, 2.24) is 4.90 Å². The molecule has 0 radical (unpaired) electrons. The van der Waals surface area contributed by atoms with Gasteiger partial charge in [0.15, 0.2) is 0 Å². The third-order valence-electron chi connectivity index (χ3n) is 3.18. The molecule has 21 heavy (non-hydrogen) atoms. The van der Waals surface area contributed by atoms with E-state index in [0.717, 1.165) is 0 Å². The minimum atomic E-state index is -4.53. The zero-order valence-corrected chi connectivity index (χ0v) is 13.3. The highest BCUT2D eigenvalue weighted by Crippen LogP contribution is 2.25. The Bertz CT molecular complexity index is 500. The summed E-state index contributed by atoms with van der Waals surface area (Å²) in [4.78, 5) is 13.0. The van der Waals surface area contributed by atoms with E-state index >= 15 is 0 Å². The Morgan fingerprint density at radius 1 is 1.29 bits per heavy atom. The fraction of sp³-hybridized carbons (Fsp3) is 0.500. The van der Waals surface area contributed by atoms with E-state index in [2.05, 4.69) is 15.9 Å². The molecule has 1 aromatic carbocycles. The van der Waals surface area contributed by atoms with Gasteiger partial charge in [-0.2, -0.15) is 13.2 Å². The first-order valence-electron chi connectivity index (χ1n) is 6.53. The van der Waals surface area contributed by atoms with Crippen LogP contribution in [0.3, 0.4) is 0 Å². The summed E-state index contributed by atoms with van der Waals surface area (Å²) >= 11 is 2.93. The molecule has 0 fully saturated rings. The van der Waals surface area contributed by atoms with E-state index in [1.165, 1.54) is 18.2 Å². The number of hydrogen-bond acceptors (Lipinski definition) is 1. The van der Waals surface area contributed by atoms with Crippen LogP contribution >= 0.6 is 15.9 Å². The Labute approximate surface area is 129 Å². The molecule has 1 amide bonds. The quantitative estimate of drug-likeness (QED) is 0.683. The normalized spacial score (nSPS) is 11.8. The maximum Gasteiger partial charge on any atom is 0.406 e. The number of halogens is 5. The van der Waals surface area contributed by atoms with Crippen LogP contribution in [0.4, 0.5) is 17.6 Å². The van der Waals surface area contributed by atoms with Gasteiger partial charge in [-0.1, -0.05) is 19.9 Å². The molecule has 7 heteroatoms. The van der Waals surface area contributed by atoms with E-state index in [1.54, 1.807) is 13.8 Å². The van der Waals surface area contributed by atoms with Crippen LogP contribution in [0.2, 0.25) is 0 Å². The minimum absolute atomic E-state index is 0.0462. The van der Waals surface area contributed by atoms with Crippen molar-refractivity contribution in [2.45, 2.75) is 38.9 Å². The second-order valence-corrected chi connectivity index (χ2v) is 5.47. The molecule has 0 bridgehead atoms. The van der Waals surface area contributed by atoms with Crippen LogP contribution < -0.4 is 0 Å². The number of alkyl halides is 3. The summed E-state index contributed by atoms with van der Waals surface area (Å²) < 4.78 is 52.1. The van der Waals surface area contributed by atoms with Crippen LogP contribution in [-0.2, 0) is 0 Å². The molecule has 0 saturated carbocycles. The first-order chi connectivity index (χ1) is 9.71. The smallest absolute Gasteiger partial charge is 0.326 e. The molecule has 0 spiro atoms. The van der Waals surface area contributed by atoms with Crippen LogP contribution in [0.5, 0.6) is 0 Å². The minimum Gasteiger partial charge on any atom is -0.326 e. The molecule has 0 aliphatic heterocycles. The SMILES string of the molecule is CCC(CC)N(CC(F)(F)F)C(=O)c1cccc(Br)c1F. The van der Waals surface area contributed by atoms with E-state index in [4.69, 9.17) is 0 Å². The zero-order valence-electron chi connectivity index (χ0n) is 11.7. The third kappa shape index (κ3) is 4.69. The monoisotopic (exact) mass is 369 g/mol. The summed E-state index contributed by atoms with van der Waals surface area (Å²) in [6.45, 7) is 2.01. The van der Waals surface area contributed by atoms with E-state index < -0.39 is 30.5 Å². The number of nitrogens with zero attached hydrogens (tertiary/aromatic N) is 1. The van der Waals surface area contributed by atoms with Gasteiger partial charge in [0.25, 0.3) is 5.91 Å². The van der Waals surface area contributed by atoms with Crippen LogP contribution in [0.25, 0.3) is 0 Å². The Morgan fingerprint density at radius 3 is 2.33 bits per heavy atom. The molecule has 0 saturated heterocycles. The highest BCUT2D eigenvalue weighted by atomic mass is 79.9. The molecule has 0 aliphatic carbocycles. The van der Waals surface area contributed by atoms with Crippen molar-refractivity contribution in [2.24, 2.45) is 0 Å². The van der Waals surface area contributed by atoms with Crippen molar-refractivity contribution >= 4 is 21.8 Å². The number of hydrogen-bond donors (Lipinski definition) is 0. The van der Waals surface area contributed by atoms with Crippen molar-refractivity contribution in [3.05, 3.63) is 34.1 Å². The Hall–Kier alpha value is -1.11. The lowest BCUT2D eigenvalue weighted by Gasteiger charge is -2.31. The maximum atomic E-state index is 13.9. The van der Waals surface area contributed by atoms with Crippen LogP contribution in [0, 0.1) is 5.82 Å². The highest BCUT2D eigenvalue weighted by molar-refractivity contribution is 9.10. The number of benzene rings is 1. The van der Waals surface area contributed by atoms with Gasteiger partial charge in [-0.3, -0.25) is 4.79 Å². The van der Waals surface area contributed by atoms with Gasteiger partial charge in [0, 0.05) is 6.04 Å². The molecule has 0 aliphatic rings. The van der Waals surface area contributed by atoms with Gasteiger partial charge in [-0.25, -0.2) is 4.39 Å². The Morgan fingerprint density at radius 2 is 1.86 bits per heavy atom. The Balaban J connectivity index is 3.18. The van der Waals surface area contributed by atoms with Crippen molar-refractivity contribution < 1.29 is 22.4 Å². The molecule has 2 nitrogen and oxygen atoms in total. The lowest BCUT2D eigenvalue weighted by atomic mass is 10.1. The van der Waals surface area contributed by atoms with Crippen molar-refractivity contribution in [1.29, 1.82) is 0 Å². The zero-order chi connectivity index (χ0) is 16.2. The molecule has 0 atom stereocenters. The fourth-order valence-electron chi connectivity index (χ4n) is 2.11. The van der Waals surface area contributed by atoms with Crippen LogP contribution in [0.15, 0.2) is 22.7 Å². The second kappa shape index (κ2) is 7.24. The van der Waals surface area contributed by atoms with Gasteiger partial charge in [0.2, 0.25) is 0 Å². The summed E-state index contributed by atoms with van der Waals surface area (Å²) in [5.41, 5.74) is -0.361. The number of carbonyl (C=O) groups excluding carboxylic acids is 1. The lowest BCUT2D eigenvalue weighted by molar-refractivity contribution is -0.145. The summed E-state index contributed by atoms with van der Waals surface area (Å²) in [6.07, 6.45) is -3.79. The van der Waals surface area contributed by atoms with Gasteiger partial charge in [-0.05, 0) is 40.9 Å². The van der Waals surface area contributed by atoms with E-state index in [0.29, 0.717) is 17.7 Å². The molecule has 0 heterocycles. The summed E-state index contributed by atoms with van der Waals surface area (Å²) in [5.74, 6) is -1.79. The van der Waals surface area contributed by atoms with Gasteiger partial charge in [0.05, 0.1) is 10.0 Å². The average molecular weight is 370 g/mol. The van der Waals surface area contributed by atoms with Crippen molar-refractivity contribution in [3.63, 3.8) is 0 Å². The summed E-state index contributed by atoms with van der Waals surface area (Å²) in [7, 11) is 0. The standard InChI is InChI=1S/C14H16BrF4NO/c1-3-9(4-2)20(8-14(17,18)19)13(21)10-6-5-7-11(15)12(10)16/h5-7,9H,3-4,8H2,1-2H3. The maximum absolute atomic E-state index is 13.9. The first-order valence-corrected chi connectivity index (χ1v) is 7.32. The third-order valence-corrected chi connectivity index (χ3v) is 3.79. The van der Waals surface area contributed by atoms with Gasteiger partial charge in [0.1, 0.15) is 12.4 Å². The molecule has 118 valence electrons. The van der Waals surface area contributed by atoms with E-state index in [-0.39, 0.29) is 10.0 Å². The van der Waals surface area contributed by atoms with Crippen molar-refractivity contribution in [2.75, 3.05) is 6.54 Å². The summed E-state index contributed by atoms with van der Waals surface area (Å²) in [6, 6.07) is 3.41. The molecular weight excluding hydrogens is 354 g/mol. The predicted molar refractivity (Wildman–Crippen MR) is 75.6 cm³/mol. The number of amides is 1. The van der Waals surface area contributed by atoms with Crippen LogP contribution in [0.1, 0.15) is 37.0 Å². The van der Waals surface area contributed by atoms with Crippen LogP contribution in [-0.4, -0.2) is 29.6 Å². The fourth-order valence-corrected chi connectivity index (χ4v) is 2.48. The largest absolute Gasteiger partial charge is 0.406 e. The van der Waals surface area contributed by atoms with Crippen molar-refractivity contribution in [3.8, 4) is 0 Å². The number of carbonyl (C=O) groups is 1. The molecule has 1 aromatic rings. The van der Waals surface area contributed by atoms with Gasteiger partial charge in [-0.15, -0.1) is 0 Å². The number of rotatable bonds is 5. The van der Waals surface area contributed by atoms with E-state index in [1.807, 2.05) is 0 Å². The molecular formula is C14H16BrF4NO. The average Bonchev–Trinajstić information content (AvgIpc) is 2.40. The van der Waals surface area contributed by atoms with Gasteiger partial charge >= 0.3 is 6.18 Å². The van der Waals surface area contributed by atoms with Gasteiger partial charge < -0.3 is 4.90 Å². The first kappa shape index (κ1) is 17.9.